The van der Waals surface area contributed by atoms with Gasteiger partial charge in [-0.1, -0.05) is 72.8 Å². The summed E-state index contributed by atoms with van der Waals surface area (Å²) in [6.07, 6.45) is 8.54. The van der Waals surface area contributed by atoms with Gasteiger partial charge in [0.2, 0.25) is 0 Å². The van der Waals surface area contributed by atoms with E-state index in [0.29, 0.717) is 5.56 Å². The van der Waals surface area contributed by atoms with Crippen molar-refractivity contribution in [1.82, 2.24) is 4.57 Å². The van der Waals surface area contributed by atoms with Crippen LogP contribution in [0.5, 0.6) is 5.75 Å². The molecule has 0 saturated carbocycles. The molecule has 0 bridgehead atoms. The molecule has 2 heterocycles. The Kier molecular flexibility index (Phi) is 4.03. The van der Waals surface area contributed by atoms with Gasteiger partial charge >= 0.3 is 0 Å². The second-order valence-corrected chi connectivity index (χ2v) is 8.84. The van der Waals surface area contributed by atoms with Gasteiger partial charge in [0.05, 0.1) is 28.4 Å². The average Bonchev–Trinajstić information content (AvgIpc) is 3.43. The molecule has 7 rings (SSSR count). The fourth-order valence-electron chi connectivity index (χ4n) is 5.42. The molecule has 1 aliphatic carbocycles. The lowest BCUT2D eigenvalue weighted by Gasteiger charge is -2.15. The summed E-state index contributed by atoms with van der Waals surface area (Å²) in [5.41, 5.74) is 7.24. The van der Waals surface area contributed by atoms with Crippen LogP contribution in [0.3, 0.4) is 0 Å². The highest BCUT2D eigenvalue weighted by Crippen LogP contribution is 2.44. The molecular weight excluding hydrogens is 416 g/mol. The maximum Gasteiger partial charge on any atom is 0.128 e. The van der Waals surface area contributed by atoms with Crippen molar-refractivity contribution in [2.45, 2.75) is 12.0 Å². The standard InChI is InChI=1S/C31H20N2O/c32-19-20-13-15-22(21-14-16-26-25-9-3-6-12-30(25)34-31(26)18-21)29(17-20)33-27-10-4-1-7-23(27)24-8-2-5-11-28(24)33/h1-18,25,30H. The third-order valence-corrected chi connectivity index (χ3v) is 6.98. The Bertz CT molecular complexity index is 1660. The van der Waals surface area contributed by atoms with Crippen molar-refractivity contribution < 1.29 is 4.74 Å². The summed E-state index contributed by atoms with van der Waals surface area (Å²) < 4.78 is 8.57. The van der Waals surface area contributed by atoms with Crippen LogP contribution in [0.4, 0.5) is 0 Å². The van der Waals surface area contributed by atoms with Crippen molar-refractivity contribution in [2.24, 2.45) is 0 Å². The number of rotatable bonds is 2. The number of hydrogen-bond acceptors (Lipinski definition) is 2. The second-order valence-electron chi connectivity index (χ2n) is 8.84. The number of aromatic nitrogens is 1. The van der Waals surface area contributed by atoms with Gasteiger partial charge in [-0.25, -0.2) is 0 Å². The van der Waals surface area contributed by atoms with E-state index in [1.807, 2.05) is 12.1 Å². The molecule has 0 amide bonds. The van der Waals surface area contributed by atoms with Crippen LogP contribution >= 0.6 is 0 Å². The highest BCUT2D eigenvalue weighted by molar-refractivity contribution is 6.09. The molecule has 0 radical (unpaired) electrons. The number of para-hydroxylation sites is 2. The van der Waals surface area contributed by atoms with Crippen molar-refractivity contribution in [2.75, 3.05) is 0 Å². The lowest BCUT2D eigenvalue weighted by molar-refractivity contribution is 0.269. The first-order valence-electron chi connectivity index (χ1n) is 11.5. The Morgan fingerprint density at radius 2 is 1.50 bits per heavy atom. The van der Waals surface area contributed by atoms with Gasteiger partial charge in [-0.3, -0.25) is 0 Å². The minimum absolute atomic E-state index is 0.0630. The second kappa shape index (κ2) is 7.23. The minimum atomic E-state index is 0.0630. The molecule has 4 aromatic carbocycles. The first-order chi connectivity index (χ1) is 16.8. The van der Waals surface area contributed by atoms with Gasteiger partial charge in [0.25, 0.3) is 0 Å². The maximum atomic E-state index is 9.70. The lowest BCUT2D eigenvalue weighted by atomic mass is 9.90. The van der Waals surface area contributed by atoms with E-state index in [1.165, 1.54) is 16.3 Å². The van der Waals surface area contributed by atoms with E-state index in [0.717, 1.165) is 33.6 Å². The van der Waals surface area contributed by atoms with Gasteiger partial charge in [0, 0.05) is 27.8 Å². The zero-order valence-corrected chi connectivity index (χ0v) is 18.3. The van der Waals surface area contributed by atoms with Gasteiger partial charge in [-0.2, -0.15) is 5.26 Å². The van der Waals surface area contributed by atoms with E-state index in [2.05, 4.69) is 108 Å². The summed E-state index contributed by atoms with van der Waals surface area (Å²) in [5.74, 6) is 1.20. The quantitative estimate of drug-likeness (QED) is 0.291. The van der Waals surface area contributed by atoms with E-state index in [4.69, 9.17) is 4.74 Å². The molecular formula is C31H20N2O. The molecule has 160 valence electrons. The molecule has 0 fully saturated rings. The summed E-state index contributed by atoms with van der Waals surface area (Å²) in [7, 11) is 0. The minimum Gasteiger partial charge on any atom is -0.485 e. The number of ether oxygens (including phenoxy) is 1. The molecule has 5 aromatic rings. The summed E-state index contributed by atoms with van der Waals surface area (Å²) >= 11 is 0. The van der Waals surface area contributed by atoms with E-state index in [1.54, 1.807) is 0 Å². The molecule has 0 saturated heterocycles. The van der Waals surface area contributed by atoms with Crippen LogP contribution in [0, 0.1) is 11.3 Å². The fourth-order valence-corrected chi connectivity index (χ4v) is 5.42. The SMILES string of the molecule is N#Cc1ccc(-c2ccc3c(c2)OC2C=CC=CC32)c(-n2c3ccccc3c3ccccc32)c1. The molecule has 3 heteroatoms. The van der Waals surface area contributed by atoms with Crippen molar-refractivity contribution in [3.63, 3.8) is 0 Å². The molecule has 34 heavy (non-hydrogen) atoms. The summed E-state index contributed by atoms with van der Waals surface area (Å²) in [6, 6.07) is 31.7. The highest BCUT2D eigenvalue weighted by atomic mass is 16.5. The Balaban J connectivity index is 1.48. The highest BCUT2D eigenvalue weighted by Gasteiger charge is 2.32. The van der Waals surface area contributed by atoms with Crippen molar-refractivity contribution in [3.05, 3.63) is 120 Å². The Hall–Kier alpha value is -4.55. The lowest BCUT2D eigenvalue weighted by Crippen LogP contribution is -2.15. The van der Waals surface area contributed by atoms with Gasteiger partial charge in [0.15, 0.2) is 0 Å². The predicted molar refractivity (Wildman–Crippen MR) is 136 cm³/mol. The van der Waals surface area contributed by atoms with Crippen molar-refractivity contribution >= 4 is 21.8 Å². The van der Waals surface area contributed by atoms with Crippen LogP contribution in [-0.2, 0) is 0 Å². The van der Waals surface area contributed by atoms with E-state index in [9.17, 15) is 5.26 Å². The Morgan fingerprint density at radius 3 is 2.26 bits per heavy atom. The smallest absolute Gasteiger partial charge is 0.128 e. The number of hydrogen-bond donors (Lipinski definition) is 0. The average molecular weight is 437 g/mol. The number of nitriles is 1. The maximum absolute atomic E-state index is 9.70. The number of nitrogens with zero attached hydrogens (tertiary/aromatic N) is 2. The molecule has 0 N–H and O–H groups in total. The third-order valence-electron chi connectivity index (χ3n) is 6.98. The number of benzene rings is 4. The van der Waals surface area contributed by atoms with Crippen LogP contribution in [0.15, 0.2) is 109 Å². The normalized spacial score (nSPS) is 18.0. The van der Waals surface area contributed by atoms with E-state index < -0.39 is 0 Å². The molecule has 2 aliphatic rings. The van der Waals surface area contributed by atoms with Crippen molar-refractivity contribution in [3.8, 4) is 28.6 Å². The topological polar surface area (TPSA) is 37.9 Å². The summed E-state index contributed by atoms with van der Waals surface area (Å²) in [6.45, 7) is 0. The van der Waals surface area contributed by atoms with Crippen LogP contribution in [0.1, 0.15) is 17.0 Å². The first-order valence-corrected chi connectivity index (χ1v) is 11.5. The van der Waals surface area contributed by atoms with Crippen molar-refractivity contribution in [1.29, 1.82) is 5.26 Å². The van der Waals surface area contributed by atoms with E-state index >= 15 is 0 Å². The molecule has 2 atom stereocenters. The molecule has 3 nitrogen and oxygen atoms in total. The van der Waals surface area contributed by atoms with Crippen LogP contribution in [0.25, 0.3) is 38.6 Å². The van der Waals surface area contributed by atoms with Gasteiger partial charge < -0.3 is 9.30 Å². The first kappa shape index (κ1) is 19.0. The van der Waals surface area contributed by atoms with Crippen LogP contribution in [0.2, 0.25) is 0 Å². The van der Waals surface area contributed by atoms with Gasteiger partial charge in [-0.05, 0) is 42.0 Å². The summed E-state index contributed by atoms with van der Waals surface area (Å²) in [5, 5.41) is 12.1. The van der Waals surface area contributed by atoms with Gasteiger partial charge in [-0.15, -0.1) is 0 Å². The monoisotopic (exact) mass is 436 g/mol. The van der Waals surface area contributed by atoms with Crippen LogP contribution in [-0.4, -0.2) is 10.7 Å². The Labute approximate surface area is 197 Å². The molecule has 1 aliphatic heterocycles. The summed E-state index contributed by atoms with van der Waals surface area (Å²) in [4.78, 5) is 0. The zero-order chi connectivity index (χ0) is 22.6. The number of fused-ring (bicyclic) bond motifs is 6. The zero-order valence-electron chi connectivity index (χ0n) is 18.3. The van der Waals surface area contributed by atoms with Gasteiger partial charge in [0.1, 0.15) is 11.9 Å². The molecule has 0 spiro atoms. The fraction of sp³-hybridized carbons (Fsp3) is 0.0645. The number of allylic oxidation sites excluding steroid dienone is 2. The van der Waals surface area contributed by atoms with E-state index in [-0.39, 0.29) is 12.0 Å². The predicted octanol–water partition coefficient (Wildman–Crippen LogP) is 7.29. The molecule has 2 unspecified atom stereocenters. The Morgan fingerprint density at radius 1 is 0.765 bits per heavy atom. The van der Waals surface area contributed by atoms with Crippen LogP contribution < -0.4 is 4.74 Å². The third kappa shape index (κ3) is 2.69. The molecule has 1 aromatic heterocycles. The largest absolute Gasteiger partial charge is 0.485 e.